The van der Waals surface area contributed by atoms with E-state index in [-0.39, 0.29) is 24.2 Å². The molecule has 1 amide bonds. The third kappa shape index (κ3) is 4.06. The Morgan fingerprint density at radius 2 is 2.05 bits per heavy atom. The number of hydrogen-bond acceptors (Lipinski definition) is 3. The molecule has 1 saturated carbocycles. The second-order valence-corrected chi connectivity index (χ2v) is 4.65. The highest BCUT2D eigenvalue weighted by atomic mass is 16.5. The number of carbonyl (C=O) groups excluding carboxylic acids is 1. The third-order valence-electron chi connectivity index (χ3n) is 3.15. The largest absolute Gasteiger partial charge is 0.478 e. The fraction of sp³-hybridized carbons (Fsp3) is 0.429. The molecule has 1 aliphatic rings. The Kier molecular flexibility index (Phi) is 4.52. The van der Waals surface area contributed by atoms with Crippen molar-refractivity contribution in [2.75, 3.05) is 11.9 Å². The van der Waals surface area contributed by atoms with Crippen LogP contribution in [0.4, 0.5) is 5.69 Å². The van der Waals surface area contributed by atoms with Crippen LogP contribution >= 0.6 is 0 Å². The smallest absolute Gasteiger partial charge is 0.335 e. The van der Waals surface area contributed by atoms with E-state index < -0.39 is 5.97 Å². The fourth-order valence-corrected chi connectivity index (χ4v) is 2.18. The number of anilines is 1. The lowest BCUT2D eigenvalue weighted by Gasteiger charge is -2.11. The molecule has 0 spiro atoms. The van der Waals surface area contributed by atoms with Crippen LogP contribution in [0.1, 0.15) is 36.0 Å². The van der Waals surface area contributed by atoms with E-state index in [4.69, 9.17) is 9.84 Å². The number of carboxylic acids is 1. The van der Waals surface area contributed by atoms with Gasteiger partial charge in [-0.15, -0.1) is 0 Å². The summed E-state index contributed by atoms with van der Waals surface area (Å²) in [6.45, 7) is 0.0158. The highest BCUT2D eigenvalue weighted by Crippen LogP contribution is 2.20. The first-order valence-corrected chi connectivity index (χ1v) is 6.40. The van der Waals surface area contributed by atoms with Crippen molar-refractivity contribution in [1.82, 2.24) is 0 Å². The summed E-state index contributed by atoms with van der Waals surface area (Å²) in [4.78, 5) is 22.5. The zero-order valence-corrected chi connectivity index (χ0v) is 10.6. The standard InChI is InChI=1S/C14H17NO4/c16-13(9-19-12-6-1-2-7-12)15-11-5-3-4-10(8-11)14(17)18/h3-5,8,12H,1-2,6-7,9H2,(H,15,16)(H,17,18). The number of amides is 1. The van der Waals surface area contributed by atoms with Crippen LogP contribution in [-0.2, 0) is 9.53 Å². The van der Waals surface area contributed by atoms with Crippen molar-refractivity contribution in [3.63, 3.8) is 0 Å². The molecule has 19 heavy (non-hydrogen) atoms. The average molecular weight is 263 g/mol. The first-order chi connectivity index (χ1) is 9.15. The molecule has 2 N–H and O–H groups in total. The Morgan fingerprint density at radius 3 is 2.74 bits per heavy atom. The van der Waals surface area contributed by atoms with Gasteiger partial charge < -0.3 is 15.2 Å². The van der Waals surface area contributed by atoms with E-state index in [1.165, 1.54) is 12.1 Å². The van der Waals surface area contributed by atoms with E-state index in [9.17, 15) is 9.59 Å². The summed E-state index contributed by atoms with van der Waals surface area (Å²) in [5.74, 6) is -1.27. The fourth-order valence-electron chi connectivity index (χ4n) is 2.18. The molecule has 0 radical (unpaired) electrons. The van der Waals surface area contributed by atoms with Crippen molar-refractivity contribution in [3.8, 4) is 0 Å². The van der Waals surface area contributed by atoms with Crippen molar-refractivity contribution in [1.29, 1.82) is 0 Å². The number of carbonyl (C=O) groups is 2. The number of benzene rings is 1. The Labute approximate surface area is 111 Å². The van der Waals surface area contributed by atoms with E-state index in [1.807, 2.05) is 0 Å². The molecule has 1 fully saturated rings. The third-order valence-corrected chi connectivity index (χ3v) is 3.15. The maximum Gasteiger partial charge on any atom is 0.335 e. The minimum absolute atomic E-state index is 0.0158. The molecule has 2 rings (SSSR count). The summed E-state index contributed by atoms with van der Waals surface area (Å²) < 4.78 is 5.49. The predicted octanol–water partition coefficient (Wildman–Crippen LogP) is 2.28. The second-order valence-electron chi connectivity index (χ2n) is 4.65. The second kappa shape index (κ2) is 6.33. The molecule has 0 unspecified atom stereocenters. The van der Waals surface area contributed by atoms with Gasteiger partial charge in [-0.2, -0.15) is 0 Å². The predicted molar refractivity (Wildman–Crippen MR) is 70.2 cm³/mol. The normalized spacial score (nSPS) is 15.4. The van der Waals surface area contributed by atoms with Crippen LogP contribution in [0, 0.1) is 0 Å². The van der Waals surface area contributed by atoms with Crippen molar-refractivity contribution >= 4 is 17.6 Å². The number of rotatable bonds is 5. The molecule has 0 heterocycles. The van der Waals surface area contributed by atoms with E-state index in [0.29, 0.717) is 5.69 Å². The molecular formula is C14H17NO4. The van der Waals surface area contributed by atoms with Crippen LogP contribution in [0.25, 0.3) is 0 Å². The van der Waals surface area contributed by atoms with Crippen LogP contribution < -0.4 is 5.32 Å². The molecule has 0 atom stereocenters. The summed E-state index contributed by atoms with van der Waals surface area (Å²) >= 11 is 0. The Hall–Kier alpha value is -1.88. The van der Waals surface area contributed by atoms with Crippen molar-refractivity contribution in [2.45, 2.75) is 31.8 Å². The first-order valence-electron chi connectivity index (χ1n) is 6.40. The van der Waals surface area contributed by atoms with Gasteiger partial charge in [-0.1, -0.05) is 18.9 Å². The highest BCUT2D eigenvalue weighted by Gasteiger charge is 2.16. The van der Waals surface area contributed by atoms with Crippen molar-refractivity contribution < 1.29 is 19.4 Å². The Morgan fingerprint density at radius 1 is 1.32 bits per heavy atom. The van der Waals surface area contributed by atoms with Gasteiger partial charge in [0.05, 0.1) is 11.7 Å². The summed E-state index contributed by atoms with van der Waals surface area (Å²) in [6.07, 6.45) is 4.54. The molecular weight excluding hydrogens is 246 g/mol. The number of aromatic carboxylic acids is 1. The van der Waals surface area contributed by atoms with Crippen molar-refractivity contribution in [3.05, 3.63) is 29.8 Å². The summed E-state index contributed by atoms with van der Waals surface area (Å²) in [6, 6.07) is 6.15. The molecule has 0 saturated heterocycles. The maximum atomic E-state index is 11.7. The zero-order chi connectivity index (χ0) is 13.7. The number of ether oxygens (including phenoxy) is 1. The van der Waals surface area contributed by atoms with Gasteiger partial charge in [0.15, 0.2) is 0 Å². The topological polar surface area (TPSA) is 75.6 Å². The summed E-state index contributed by atoms with van der Waals surface area (Å²) in [7, 11) is 0. The number of nitrogens with one attached hydrogen (secondary N) is 1. The molecule has 102 valence electrons. The molecule has 5 nitrogen and oxygen atoms in total. The SMILES string of the molecule is O=C(COC1CCCC1)Nc1cccc(C(=O)O)c1. The lowest BCUT2D eigenvalue weighted by molar-refractivity contribution is -0.122. The Bertz CT molecular complexity index is 466. The van der Waals surface area contributed by atoms with Gasteiger partial charge in [0.25, 0.3) is 0 Å². The van der Waals surface area contributed by atoms with Crippen LogP contribution in [0.5, 0.6) is 0 Å². The Balaban J connectivity index is 1.84. The van der Waals surface area contributed by atoms with Gasteiger partial charge in [0.2, 0.25) is 5.91 Å². The lowest BCUT2D eigenvalue weighted by atomic mass is 10.2. The lowest BCUT2D eigenvalue weighted by Crippen LogP contribution is -2.22. The van der Waals surface area contributed by atoms with Crippen LogP contribution in [-0.4, -0.2) is 29.7 Å². The molecule has 0 aliphatic heterocycles. The van der Waals surface area contributed by atoms with Crippen LogP contribution in [0.3, 0.4) is 0 Å². The van der Waals surface area contributed by atoms with Gasteiger partial charge in [-0.3, -0.25) is 4.79 Å². The summed E-state index contributed by atoms with van der Waals surface area (Å²) in [5.41, 5.74) is 0.620. The van der Waals surface area contributed by atoms with Crippen molar-refractivity contribution in [2.24, 2.45) is 0 Å². The molecule has 1 aliphatic carbocycles. The average Bonchev–Trinajstić information content (AvgIpc) is 2.90. The molecule has 5 heteroatoms. The minimum Gasteiger partial charge on any atom is -0.478 e. The molecule has 0 bridgehead atoms. The van der Waals surface area contributed by atoms with E-state index >= 15 is 0 Å². The van der Waals surface area contributed by atoms with Gasteiger partial charge in [-0.25, -0.2) is 4.79 Å². The van der Waals surface area contributed by atoms with E-state index in [0.717, 1.165) is 25.7 Å². The monoisotopic (exact) mass is 263 g/mol. The quantitative estimate of drug-likeness (QED) is 0.854. The minimum atomic E-state index is -1.02. The van der Waals surface area contributed by atoms with Crippen LogP contribution in [0.15, 0.2) is 24.3 Å². The maximum absolute atomic E-state index is 11.7. The molecule has 0 aromatic heterocycles. The zero-order valence-electron chi connectivity index (χ0n) is 10.6. The van der Waals surface area contributed by atoms with Crippen LogP contribution in [0.2, 0.25) is 0 Å². The van der Waals surface area contributed by atoms with Gasteiger partial charge in [0, 0.05) is 5.69 Å². The number of hydrogen-bond donors (Lipinski definition) is 2. The van der Waals surface area contributed by atoms with E-state index in [1.54, 1.807) is 12.1 Å². The van der Waals surface area contributed by atoms with Gasteiger partial charge in [0.1, 0.15) is 6.61 Å². The van der Waals surface area contributed by atoms with E-state index in [2.05, 4.69) is 5.32 Å². The summed E-state index contributed by atoms with van der Waals surface area (Å²) in [5, 5.41) is 11.5. The van der Waals surface area contributed by atoms with Gasteiger partial charge >= 0.3 is 5.97 Å². The highest BCUT2D eigenvalue weighted by molar-refractivity contribution is 5.94. The first kappa shape index (κ1) is 13.5. The molecule has 1 aromatic carbocycles. The number of carboxylic acid groups (broad SMARTS) is 1. The molecule has 1 aromatic rings. The van der Waals surface area contributed by atoms with Gasteiger partial charge in [-0.05, 0) is 31.0 Å².